The van der Waals surface area contributed by atoms with E-state index in [0.717, 1.165) is 39.1 Å². The number of nitrogens with zero attached hydrogens (tertiary/aromatic N) is 1. The van der Waals surface area contributed by atoms with Crippen LogP contribution in [-0.4, -0.2) is 52.4 Å². The van der Waals surface area contributed by atoms with E-state index in [1.165, 1.54) is 0 Å². The van der Waals surface area contributed by atoms with Gasteiger partial charge in [0, 0.05) is 19.8 Å². The number of sulfonamides is 1. The third-order valence-electron chi connectivity index (χ3n) is 2.88. The highest BCUT2D eigenvalue weighted by atomic mass is 32.2. The molecule has 6 heteroatoms. The van der Waals surface area contributed by atoms with E-state index in [-0.39, 0.29) is 5.75 Å². The Labute approximate surface area is 98.0 Å². The molecular formula is C10H22N2O3S. The lowest BCUT2D eigenvalue weighted by atomic mass is 10.00. The Morgan fingerprint density at radius 3 is 2.56 bits per heavy atom. The second-order valence-corrected chi connectivity index (χ2v) is 6.27. The van der Waals surface area contributed by atoms with Crippen molar-refractivity contribution in [3.8, 4) is 0 Å². The normalized spacial score (nSPS) is 19.2. The number of ether oxygens (including phenoxy) is 1. The Morgan fingerprint density at radius 2 is 2.00 bits per heavy atom. The van der Waals surface area contributed by atoms with E-state index in [2.05, 4.69) is 4.90 Å². The zero-order valence-corrected chi connectivity index (χ0v) is 10.7. The molecule has 5 nitrogen and oxygen atoms in total. The first-order valence-corrected chi connectivity index (χ1v) is 7.45. The highest BCUT2D eigenvalue weighted by Crippen LogP contribution is 2.15. The van der Waals surface area contributed by atoms with Gasteiger partial charge in [-0.1, -0.05) is 0 Å². The molecule has 0 spiro atoms. The minimum atomic E-state index is -3.30. The van der Waals surface area contributed by atoms with Crippen molar-refractivity contribution in [3.05, 3.63) is 0 Å². The number of nitrogens with two attached hydrogens (primary N) is 1. The standard InChI is InChI=1S/C10H22N2O3S/c1-12(5-2-8-16(11,13)14)9-10-3-6-15-7-4-10/h10H,2-9H2,1H3,(H2,11,13,14). The second kappa shape index (κ2) is 6.54. The van der Waals surface area contributed by atoms with Crippen LogP contribution in [0.25, 0.3) is 0 Å². The number of primary sulfonamides is 1. The van der Waals surface area contributed by atoms with Crippen LogP contribution in [0.2, 0.25) is 0 Å². The molecule has 1 aliphatic heterocycles. The molecule has 2 N–H and O–H groups in total. The SMILES string of the molecule is CN(CCCS(N)(=O)=O)CC1CCOCC1. The Morgan fingerprint density at radius 1 is 1.38 bits per heavy atom. The van der Waals surface area contributed by atoms with Crippen molar-refractivity contribution in [2.24, 2.45) is 11.1 Å². The van der Waals surface area contributed by atoms with Gasteiger partial charge in [-0.2, -0.15) is 0 Å². The molecule has 0 radical (unpaired) electrons. The van der Waals surface area contributed by atoms with E-state index in [1.54, 1.807) is 0 Å². The molecule has 0 aromatic carbocycles. The molecule has 0 aromatic heterocycles. The van der Waals surface area contributed by atoms with Gasteiger partial charge in [0.2, 0.25) is 10.0 Å². The minimum absolute atomic E-state index is 0.0745. The van der Waals surface area contributed by atoms with Crippen LogP contribution in [0.4, 0.5) is 0 Å². The van der Waals surface area contributed by atoms with E-state index in [4.69, 9.17) is 9.88 Å². The number of rotatable bonds is 6. The van der Waals surface area contributed by atoms with Crippen molar-refractivity contribution in [3.63, 3.8) is 0 Å². The van der Waals surface area contributed by atoms with Gasteiger partial charge in [-0.3, -0.25) is 0 Å². The Balaban J connectivity index is 2.12. The van der Waals surface area contributed by atoms with Crippen molar-refractivity contribution in [1.29, 1.82) is 0 Å². The quantitative estimate of drug-likeness (QED) is 0.721. The predicted molar refractivity (Wildman–Crippen MR) is 63.6 cm³/mol. The fraction of sp³-hybridized carbons (Fsp3) is 1.00. The smallest absolute Gasteiger partial charge is 0.209 e. The van der Waals surface area contributed by atoms with Gasteiger partial charge in [0.1, 0.15) is 0 Å². The monoisotopic (exact) mass is 250 g/mol. The van der Waals surface area contributed by atoms with E-state index in [9.17, 15) is 8.42 Å². The highest BCUT2D eigenvalue weighted by Gasteiger charge is 2.15. The van der Waals surface area contributed by atoms with Crippen LogP contribution < -0.4 is 5.14 Å². The summed E-state index contributed by atoms with van der Waals surface area (Å²) >= 11 is 0. The molecule has 0 bridgehead atoms. The van der Waals surface area contributed by atoms with Crippen molar-refractivity contribution < 1.29 is 13.2 Å². The van der Waals surface area contributed by atoms with Crippen LogP contribution in [-0.2, 0) is 14.8 Å². The molecule has 0 saturated carbocycles. The molecule has 0 aromatic rings. The number of hydrogen-bond acceptors (Lipinski definition) is 4. The average molecular weight is 250 g/mol. The summed E-state index contributed by atoms with van der Waals surface area (Å²) in [5, 5.41) is 4.94. The van der Waals surface area contributed by atoms with Gasteiger partial charge in [-0.25, -0.2) is 13.6 Å². The summed E-state index contributed by atoms with van der Waals surface area (Å²) in [6.07, 6.45) is 2.83. The lowest BCUT2D eigenvalue weighted by Crippen LogP contribution is -2.31. The van der Waals surface area contributed by atoms with E-state index in [0.29, 0.717) is 12.3 Å². The van der Waals surface area contributed by atoms with E-state index >= 15 is 0 Å². The van der Waals surface area contributed by atoms with Gasteiger partial charge >= 0.3 is 0 Å². The second-order valence-electron chi connectivity index (χ2n) is 4.54. The van der Waals surface area contributed by atoms with Crippen molar-refractivity contribution in [2.75, 3.05) is 39.1 Å². The average Bonchev–Trinajstić information content (AvgIpc) is 2.17. The maximum Gasteiger partial charge on any atom is 0.209 e. The predicted octanol–water partition coefficient (Wildman–Crippen LogP) is 0.0234. The van der Waals surface area contributed by atoms with Gasteiger partial charge in [-0.05, 0) is 38.8 Å². The first-order valence-electron chi connectivity index (χ1n) is 5.74. The molecule has 0 atom stereocenters. The minimum Gasteiger partial charge on any atom is -0.381 e. The lowest BCUT2D eigenvalue weighted by molar-refractivity contribution is 0.0558. The third kappa shape index (κ3) is 6.42. The summed E-state index contributed by atoms with van der Waals surface area (Å²) in [6, 6.07) is 0. The molecular weight excluding hydrogens is 228 g/mol. The first-order chi connectivity index (χ1) is 7.47. The van der Waals surface area contributed by atoms with Gasteiger partial charge in [0.25, 0.3) is 0 Å². The van der Waals surface area contributed by atoms with Crippen LogP contribution >= 0.6 is 0 Å². The van der Waals surface area contributed by atoms with Crippen LogP contribution in [0.15, 0.2) is 0 Å². The molecule has 1 heterocycles. The van der Waals surface area contributed by atoms with Crippen molar-refractivity contribution >= 4 is 10.0 Å². The summed E-state index contributed by atoms with van der Waals surface area (Å²) in [6.45, 7) is 3.52. The number of hydrogen-bond donors (Lipinski definition) is 1. The Hall–Kier alpha value is -0.170. The molecule has 0 amide bonds. The summed E-state index contributed by atoms with van der Waals surface area (Å²) in [7, 11) is -1.27. The Kier molecular flexibility index (Phi) is 5.68. The van der Waals surface area contributed by atoms with Gasteiger partial charge in [0.15, 0.2) is 0 Å². The van der Waals surface area contributed by atoms with Gasteiger partial charge < -0.3 is 9.64 Å². The summed E-state index contributed by atoms with van der Waals surface area (Å²) < 4.78 is 26.8. The largest absolute Gasteiger partial charge is 0.381 e. The van der Waals surface area contributed by atoms with E-state index in [1.807, 2.05) is 7.05 Å². The fourth-order valence-corrected chi connectivity index (χ4v) is 2.53. The first kappa shape index (κ1) is 13.9. The zero-order valence-electron chi connectivity index (χ0n) is 9.89. The van der Waals surface area contributed by atoms with Crippen LogP contribution in [0.3, 0.4) is 0 Å². The van der Waals surface area contributed by atoms with Gasteiger partial charge in [0.05, 0.1) is 5.75 Å². The highest BCUT2D eigenvalue weighted by molar-refractivity contribution is 7.89. The van der Waals surface area contributed by atoms with Crippen LogP contribution in [0.1, 0.15) is 19.3 Å². The van der Waals surface area contributed by atoms with Crippen molar-refractivity contribution in [1.82, 2.24) is 4.90 Å². The summed E-state index contributed by atoms with van der Waals surface area (Å²) in [5.74, 6) is 0.763. The molecule has 1 fully saturated rings. The summed E-state index contributed by atoms with van der Waals surface area (Å²) in [5.41, 5.74) is 0. The lowest BCUT2D eigenvalue weighted by Gasteiger charge is -2.26. The molecule has 96 valence electrons. The molecule has 1 aliphatic rings. The summed E-state index contributed by atoms with van der Waals surface area (Å²) in [4.78, 5) is 2.18. The van der Waals surface area contributed by atoms with Gasteiger partial charge in [-0.15, -0.1) is 0 Å². The topological polar surface area (TPSA) is 72.6 Å². The van der Waals surface area contributed by atoms with E-state index < -0.39 is 10.0 Å². The fourth-order valence-electron chi connectivity index (χ4n) is 2.00. The molecule has 1 rings (SSSR count). The van der Waals surface area contributed by atoms with Crippen LogP contribution in [0, 0.1) is 5.92 Å². The molecule has 0 aliphatic carbocycles. The van der Waals surface area contributed by atoms with Crippen molar-refractivity contribution in [2.45, 2.75) is 19.3 Å². The van der Waals surface area contributed by atoms with Crippen LogP contribution in [0.5, 0.6) is 0 Å². The molecule has 16 heavy (non-hydrogen) atoms. The molecule has 1 saturated heterocycles. The molecule has 0 unspecified atom stereocenters. The third-order valence-corrected chi connectivity index (χ3v) is 3.74. The maximum atomic E-state index is 10.7. The zero-order chi connectivity index (χ0) is 12.0. The Bertz CT molecular complexity index is 286. The maximum absolute atomic E-state index is 10.7.